The van der Waals surface area contributed by atoms with Crippen molar-refractivity contribution >= 4 is 17.5 Å². The molecular formula is C29H31F2N5O2. The van der Waals surface area contributed by atoms with Gasteiger partial charge >= 0.3 is 0 Å². The van der Waals surface area contributed by atoms with E-state index in [1.807, 2.05) is 0 Å². The lowest BCUT2D eigenvalue weighted by Crippen LogP contribution is -2.47. The molecule has 1 aromatic heterocycles. The van der Waals surface area contributed by atoms with Gasteiger partial charge in [-0.2, -0.15) is 0 Å². The number of nitrogens with one attached hydrogen (secondary N) is 1. The Hall–Kier alpha value is -3.62. The fraction of sp³-hybridized carbons (Fsp3) is 0.448. The first-order chi connectivity index (χ1) is 18.5. The van der Waals surface area contributed by atoms with Crippen LogP contribution in [-0.4, -0.2) is 43.6 Å². The molecule has 7 nitrogen and oxygen atoms in total. The van der Waals surface area contributed by atoms with Crippen molar-refractivity contribution < 1.29 is 18.4 Å². The largest absolute Gasteiger partial charge is 0.323 e. The number of aryl methyl sites for hydroxylation is 1. The van der Waals surface area contributed by atoms with Crippen molar-refractivity contribution in [2.45, 2.75) is 76.4 Å². The molecule has 2 amide bonds. The first-order valence-electron chi connectivity index (χ1n) is 13.6. The summed E-state index contributed by atoms with van der Waals surface area (Å²) in [7, 11) is 0. The maximum Gasteiger partial charge on any atom is 0.254 e. The Morgan fingerprint density at radius 2 is 1.74 bits per heavy atom. The van der Waals surface area contributed by atoms with Crippen LogP contribution >= 0.6 is 0 Å². The standard InChI is InChI=1S/C29H31F2N5O2/c30-21-12-9-18(10-13-21)29(38)36-24-7-4-3-6-19(24)17-25(36)28(37)32-23-16-20(11-14-22(23)31)27-34-33-26-8-2-1-5-15-35(26)27/h9-14,16,19,24-25H,1-8,15,17H2,(H,32,37)/t19-,24-,25-/m0/s1. The molecule has 3 aliphatic rings. The molecule has 0 unspecified atom stereocenters. The summed E-state index contributed by atoms with van der Waals surface area (Å²) in [6, 6.07) is 9.21. The van der Waals surface area contributed by atoms with E-state index in [4.69, 9.17) is 0 Å². The highest BCUT2D eigenvalue weighted by atomic mass is 19.1. The smallest absolute Gasteiger partial charge is 0.254 e. The van der Waals surface area contributed by atoms with E-state index in [0.717, 1.165) is 63.7 Å². The third kappa shape index (κ3) is 4.59. The van der Waals surface area contributed by atoms with E-state index in [1.54, 1.807) is 17.0 Å². The third-order valence-corrected chi connectivity index (χ3v) is 8.31. The molecule has 198 valence electrons. The van der Waals surface area contributed by atoms with Gasteiger partial charge in [0.05, 0.1) is 5.69 Å². The summed E-state index contributed by atoms with van der Waals surface area (Å²) in [5.74, 6) is 0.128. The third-order valence-electron chi connectivity index (χ3n) is 8.31. The average Bonchev–Trinajstić information content (AvgIpc) is 3.43. The lowest BCUT2D eigenvalue weighted by atomic mass is 9.84. The molecule has 6 rings (SSSR count). The molecular weight excluding hydrogens is 488 g/mol. The number of halogens is 2. The highest BCUT2D eigenvalue weighted by Gasteiger charge is 2.47. The summed E-state index contributed by atoms with van der Waals surface area (Å²) in [4.78, 5) is 28.8. The van der Waals surface area contributed by atoms with E-state index in [9.17, 15) is 18.4 Å². The normalized spacial score (nSPS) is 22.9. The second kappa shape index (κ2) is 10.3. The molecule has 0 radical (unpaired) electrons. The molecule has 3 aromatic rings. The number of benzene rings is 2. The molecule has 2 aliphatic heterocycles. The van der Waals surface area contributed by atoms with Gasteiger partial charge in [-0.25, -0.2) is 8.78 Å². The monoisotopic (exact) mass is 519 g/mol. The van der Waals surface area contributed by atoms with Gasteiger partial charge in [0.25, 0.3) is 5.91 Å². The van der Waals surface area contributed by atoms with E-state index < -0.39 is 23.6 Å². The minimum atomic E-state index is -0.729. The number of hydrogen-bond acceptors (Lipinski definition) is 4. The molecule has 0 spiro atoms. The quantitative estimate of drug-likeness (QED) is 0.503. The van der Waals surface area contributed by atoms with Gasteiger partial charge < -0.3 is 14.8 Å². The van der Waals surface area contributed by atoms with E-state index in [0.29, 0.717) is 23.4 Å². The summed E-state index contributed by atoms with van der Waals surface area (Å²) >= 11 is 0. The minimum absolute atomic E-state index is 0.0558. The topological polar surface area (TPSA) is 80.1 Å². The fourth-order valence-corrected chi connectivity index (χ4v) is 6.40. The number of likely N-dealkylation sites (tertiary alicyclic amines) is 1. The van der Waals surface area contributed by atoms with Crippen LogP contribution < -0.4 is 5.32 Å². The zero-order valence-corrected chi connectivity index (χ0v) is 21.2. The molecule has 2 fully saturated rings. The van der Waals surface area contributed by atoms with Crippen molar-refractivity contribution in [2.75, 3.05) is 5.32 Å². The maximum atomic E-state index is 14.9. The predicted molar refractivity (Wildman–Crippen MR) is 138 cm³/mol. The zero-order valence-electron chi connectivity index (χ0n) is 21.2. The first kappa shape index (κ1) is 24.7. The zero-order chi connectivity index (χ0) is 26.2. The van der Waals surface area contributed by atoms with Crippen LogP contribution in [0.25, 0.3) is 11.4 Å². The number of aromatic nitrogens is 3. The van der Waals surface area contributed by atoms with Gasteiger partial charge in [-0.3, -0.25) is 9.59 Å². The molecule has 38 heavy (non-hydrogen) atoms. The Kier molecular flexibility index (Phi) is 6.68. The SMILES string of the molecule is O=C(Nc1cc(-c2nnc3n2CCCCC3)ccc1F)[C@@H]1C[C@@H]2CCCC[C@@H]2N1C(=O)c1ccc(F)cc1. The molecule has 1 aliphatic carbocycles. The molecule has 9 heteroatoms. The Labute approximate surface area is 220 Å². The lowest BCUT2D eigenvalue weighted by Gasteiger charge is -2.33. The van der Waals surface area contributed by atoms with Crippen LogP contribution in [-0.2, 0) is 17.8 Å². The highest BCUT2D eigenvalue weighted by molar-refractivity contribution is 6.02. The summed E-state index contributed by atoms with van der Waals surface area (Å²) in [6.45, 7) is 0.808. The molecule has 1 N–H and O–H groups in total. The van der Waals surface area contributed by atoms with E-state index >= 15 is 0 Å². The first-order valence-corrected chi connectivity index (χ1v) is 13.6. The number of nitrogens with zero attached hydrogens (tertiary/aromatic N) is 4. The van der Waals surface area contributed by atoms with E-state index in [2.05, 4.69) is 20.1 Å². The van der Waals surface area contributed by atoms with Crippen LogP contribution in [0.3, 0.4) is 0 Å². The molecule has 3 heterocycles. The Morgan fingerprint density at radius 3 is 2.58 bits per heavy atom. The lowest BCUT2D eigenvalue weighted by molar-refractivity contribution is -0.120. The molecule has 2 aromatic carbocycles. The predicted octanol–water partition coefficient (Wildman–Crippen LogP) is 5.36. The Bertz CT molecular complexity index is 1360. The van der Waals surface area contributed by atoms with Crippen molar-refractivity contribution in [2.24, 2.45) is 5.92 Å². The van der Waals surface area contributed by atoms with Gasteiger partial charge in [-0.15, -0.1) is 10.2 Å². The van der Waals surface area contributed by atoms with Gasteiger partial charge in [0.2, 0.25) is 5.91 Å². The summed E-state index contributed by atoms with van der Waals surface area (Å²) in [5.41, 5.74) is 1.08. The average molecular weight is 520 g/mol. The summed E-state index contributed by atoms with van der Waals surface area (Å²) in [6.07, 6.45) is 8.44. The van der Waals surface area contributed by atoms with Gasteiger partial charge in [0.15, 0.2) is 5.82 Å². The summed E-state index contributed by atoms with van der Waals surface area (Å²) < 4.78 is 30.5. The van der Waals surface area contributed by atoms with Crippen molar-refractivity contribution in [1.82, 2.24) is 19.7 Å². The Morgan fingerprint density at radius 1 is 0.921 bits per heavy atom. The molecule has 1 saturated carbocycles. The van der Waals surface area contributed by atoms with Crippen molar-refractivity contribution in [3.63, 3.8) is 0 Å². The fourth-order valence-electron chi connectivity index (χ4n) is 6.40. The molecule has 0 bridgehead atoms. The van der Waals surface area contributed by atoms with Gasteiger partial charge in [0, 0.05) is 30.1 Å². The van der Waals surface area contributed by atoms with Crippen LogP contribution in [0.1, 0.15) is 67.5 Å². The number of carbonyl (C=O) groups is 2. The second-order valence-corrected chi connectivity index (χ2v) is 10.7. The van der Waals surface area contributed by atoms with Gasteiger partial charge in [-0.1, -0.05) is 19.3 Å². The van der Waals surface area contributed by atoms with Crippen LogP contribution in [0.4, 0.5) is 14.5 Å². The van der Waals surface area contributed by atoms with Crippen LogP contribution in [0.5, 0.6) is 0 Å². The number of hydrogen-bond donors (Lipinski definition) is 1. The summed E-state index contributed by atoms with van der Waals surface area (Å²) in [5, 5.41) is 11.5. The van der Waals surface area contributed by atoms with Crippen LogP contribution in [0, 0.1) is 17.6 Å². The number of carbonyl (C=O) groups excluding carboxylic acids is 2. The maximum absolute atomic E-state index is 14.9. The number of anilines is 1. The van der Waals surface area contributed by atoms with Gasteiger partial charge in [-0.05, 0) is 80.5 Å². The van der Waals surface area contributed by atoms with Crippen molar-refractivity contribution in [1.29, 1.82) is 0 Å². The number of amides is 2. The second-order valence-electron chi connectivity index (χ2n) is 10.7. The molecule has 3 atom stereocenters. The Balaban J connectivity index is 1.28. The van der Waals surface area contributed by atoms with E-state index in [1.165, 1.54) is 30.3 Å². The number of rotatable bonds is 4. The van der Waals surface area contributed by atoms with Gasteiger partial charge in [0.1, 0.15) is 23.5 Å². The highest BCUT2D eigenvalue weighted by Crippen LogP contribution is 2.41. The van der Waals surface area contributed by atoms with E-state index in [-0.39, 0.29) is 23.6 Å². The number of fused-ring (bicyclic) bond motifs is 2. The van der Waals surface area contributed by atoms with Crippen LogP contribution in [0.2, 0.25) is 0 Å². The van der Waals surface area contributed by atoms with Crippen molar-refractivity contribution in [3.05, 3.63) is 65.5 Å². The minimum Gasteiger partial charge on any atom is -0.323 e. The van der Waals surface area contributed by atoms with Crippen molar-refractivity contribution in [3.8, 4) is 11.4 Å². The van der Waals surface area contributed by atoms with Crippen LogP contribution in [0.15, 0.2) is 42.5 Å². The molecule has 1 saturated heterocycles.